The van der Waals surface area contributed by atoms with Crippen LogP contribution in [0.1, 0.15) is 10.4 Å². The summed E-state index contributed by atoms with van der Waals surface area (Å²) in [5.74, 6) is -3.70. The van der Waals surface area contributed by atoms with E-state index in [1.807, 2.05) is 0 Å². The number of amides is 2. The second kappa shape index (κ2) is 5.84. The molecule has 2 N–H and O–H groups in total. The first kappa shape index (κ1) is 14.9. The Hall–Kier alpha value is -1.54. The standard InChI is InChI=1S/C12H11BrF2N2O3/c13-6-3-7(14)10(8(15)4-6)12(19)17-1-2-20-5-9(17)11(16)18/h3-4,9H,1-2,5H2,(H2,16,18). The largest absolute Gasteiger partial charge is 0.377 e. The van der Waals surface area contributed by atoms with Crippen molar-refractivity contribution in [3.05, 3.63) is 33.8 Å². The van der Waals surface area contributed by atoms with E-state index in [0.29, 0.717) is 0 Å². The second-order valence-electron chi connectivity index (χ2n) is 4.24. The molecule has 5 nitrogen and oxygen atoms in total. The summed E-state index contributed by atoms with van der Waals surface area (Å²) in [5, 5.41) is 0. The molecule has 0 bridgehead atoms. The number of carbonyl (C=O) groups excluding carboxylic acids is 2. The van der Waals surface area contributed by atoms with Gasteiger partial charge in [0, 0.05) is 11.0 Å². The van der Waals surface area contributed by atoms with Gasteiger partial charge in [-0.25, -0.2) is 8.78 Å². The SMILES string of the molecule is NC(=O)C1COCCN1C(=O)c1c(F)cc(Br)cc1F. The monoisotopic (exact) mass is 348 g/mol. The van der Waals surface area contributed by atoms with Crippen LogP contribution in [0.4, 0.5) is 8.78 Å². The van der Waals surface area contributed by atoms with Gasteiger partial charge in [0.05, 0.1) is 13.2 Å². The summed E-state index contributed by atoms with van der Waals surface area (Å²) < 4.78 is 32.8. The normalized spacial score (nSPS) is 18.9. The van der Waals surface area contributed by atoms with Crippen LogP contribution >= 0.6 is 15.9 Å². The molecule has 0 saturated carbocycles. The highest BCUT2D eigenvalue weighted by Crippen LogP contribution is 2.22. The zero-order valence-corrected chi connectivity index (χ0v) is 11.8. The molecule has 1 atom stereocenters. The Kier molecular flexibility index (Phi) is 4.34. The number of halogens is 3. The number of nitrogens with zero attached hydrogens (tertiary/aromatic N) is 1. The van der Waals surface area contributed by atoms with Crippen LogP contribution in [0.3, 0.4) is 0 Å². The Morgan fingerprint density at radius 1 is 1.35 bits per heavy atom. The molecule has 8 heteroatoms. The molecule has 2 rings (SSSR count). The molecule has 108 valence electrons. The first-order chi connectivity index (χ1) is 9.41. The van der Waals surface area contributed by atoms with Crippen LogP contribution in [-0.4, -0.2) is 42.5 Å². The Morgan fingerprint density at radius 2 is 1.95 bits per heavy atom. The van der Waals surface area contributed by atoms with E-state index in [-0.39, 0.29) is 24.2 Å². The van der Waals surface area contributed by atoms with E-state index in [9.17, 15) is 18.4 Å². The molecule has 1 aliphatic rings. The van der Waals surface area contributed by atoms with Crippen LogP contribution in [0, 0.1) is 11.6 Å². The van der Waals surface area contributed by atoms with Crippen molar-refractivity contribution < 1.29 is 23.1 Å². The lowest BCUT2D eigenvalue weighted by molar-refractivity contribution is -0.127. The highest BCUT2D eigenvalue weighted by molar-refractivity contribution is 9.10. The van der Waals surface area contributed by atoms with E-state index in [2.05, 4.69) is 15.9 Å². The molecule has 0 spiro atoms. The Bertz CT molecular complexity index is 545. The predicted octanol–water partition coefficient (Wildman–Crippen LogP) is 1.05. The molecule has 0 radical (unpaired) electrons. The van der Waals surface area contributed by atoms with Crippen molar-refractivity contribution in [3.63, 3.8) is 0 Å². The molecule has 1 aromatic carbocycles. The number of hydrogen-bond donors (Lipinski definition) is 1. The van der Waals surface area contributed by atoms with Crippen molar-refractivity contribution in [1.29, 1.82) is 0 Å². The van der Waals surface area contributed by atoms with Crippen LogP contribution in [0.5, 0.6) is 0 Å². The zero-order valence-electron chi connectivity index (χ0n) is 10.2. The maximum absolute atomic E-state index is 13.8. The van der Waals surface area contributed by atoms with Gasteiger partial charge >= 0.3 is 0 Å². The highest BCUT2D eigenvalue weighted by atomic mass is 79.9. The first-order valence-electron chi connectivity index (χ1n) is 5.74. The fourth-order valence-electron chi connectivity index (χ4n) is 1.97. The maximum Gasteiger partial charge on any atom is 0.260 e. The van der Waals surface area contributed by atoms with Gasteiger partial charge in [-0.15, -0.1) is 0 Å². The summed E-state index contributed by atoms with van der Waals surface area (Å²) in [4.78, 5) is 24.5. The Balaban J connectivity index is 2.37. The lowest BCUT2D eigenvalue weighted by atomic mass is 10.1. The van der Waals surface area contributed by atoms with Crippen LogP contribution in [-0.2, 0) is 9.53 Å². The molecule has 1 fully saturated rings. The summed E-state index contributed by atoms with van der Waals surface area (Å²) in [7, 11) is 0. The number of hydrogen-bond acceptors (Lipinski definition) is 3. The summed E-state index contributed by atoms with van der Waals surface area (Å²) >= 11 is 2.93. The first-order valence-corrected chi connectivity index (χ1v) is 6.53. The van der Waals surface area contributed by atoms with Gasteiger partial charge in [0.15, 0.2) is 0 Å². The van der Waals surface area contributed by atoms with Crippen LogP contribution < -0.4 is 5.73 Å². The minimum atomic E-state index is -1.03. The van der Waals surface area contributed by atoms with Gasteiger partial charge in [-0.05, 0) is 12.1 Å². The smallest absolute Gasteiger partial charge is 0.260 e. The molecule has 1 unspecified atom stereocenters. The van der Waals surface area contributed by atoms with E-state index < -0.39 is 35.1 Å². The minimum Gasteiger partial charge on any atom is -0.377 e. The van der Waals surface area contributed by atoms with Crippen molar-refractivity contribution in [2.24, 2.45) is 5.73 Å². The zero-order chi connectivity index (χ0) is 14.9. The number of rotatable bonds is 2. The van der Waals surface area contributed by atoms with Gasteiger partial charge in [-0.3, -0.25) is 9.59 Å². The lowest BCUT2D eigenvalue weighted by Crippen LogP contribution is -2.55. The average Bonchev–Trinajstić information content (AvgIpc) is 2.37. The van der Waals surface area contributed by atoms with Crippen molar-refractivity contribution in [1.82, 2.24) is 4.90 Å². The summed E-state index contributed by atoms with van der Waals surface area (Å²) in [6, 6.07) is 0.935. The van der Waals surface area contributed by atoms with Crippen molar-refractivity contribution >= 4 is 27.7 Å². The molecule has 0 aliphatic carbocycles. The van der Waals surface area contributed by atoms with Gasteiger partial charge in [-0.2, -0.15) is 0 Å². The highest BCUT2D eigenvalue weighted by Gasteiger charge is 2.34. The number of nitrogens with two attached hydrogens (primary N) is 1. The third-order valence-corrected chi connectivity index (χ3v) is 3.40. The molecule has 0 aromatic heterocycles. The maximum atomic E-state index is 13.8. The predicted molar refractivity (Wildman–Crippen MR) is 68.9 cm³/mol. The topological polar surface area (TPSA) is 72.6 Å². The third kappa shape index (κ3) is 2.80. The molecular formula is C12H11BrF2N2O3. The number of ether oxygens (including phenoxy) is 1. The fraction of sp³-hybridized carbons (Fsp3) is 0.333. The number of morpholine rings is 1. The molecule has 1 aliphatic heterocycles. The lowest BCUT2D eigenvalue weighted by Gasteiger charge is -2.33. The van der Waals surface area contributed by atoms with Gasteiger partial charge < -0.3 is 15.4 Å². The average molecular weight is 349 g/mol. The van der Waals surface area contributed by atoms with Crippen molar-refractivity contribution in [2.75, 3.05) is 19.8 Å². The molecule has 20 heavy (non-hydrogen) atoms. The van der Waals surface area contributed by atoms with Gasteiger partial charge in [0.2, 0.25) is 5.91 Å². The summed E-state index contributed by atoms with van der Waals surface area (Å²) in [5.41, 5.74) is 4.46. The number of primary amides is 1. The van der Waals surface area contributed by atoms with E-state index in [1.54, 1.807) is 0 Å². The molecular weight excluding hydrogens is 338 g/mol. The Labute approximate surface area is 121 Å². The van der Waals surface area contributed by atoms with E-state index in [1.165, 1.54) is 0 Å². The number of benzene rings is 1. The second-order valence-corrected chi connectivity index (χ2v) is 5.15. The summed E-state index contributed by atoms with van der Waals surface area (Å²) in [6.45, 7) is 0.136. The van der Waals surface area contributed by atoms with Gasteiger partial charge in [0.25, 0.3) is 5.91 Å². The Morgan fingerprint density at radius 3 is 2.50 bits per heavy atom. The third-order valence-electron chi connectivity index (χ3n) is 2.94. The number of carbonyl (C=O) groups is 2. The van der Waals surface area contributed by atoms with Crippen LogP contribution in [0.25, 0.3) is 0 Å². The van der Waals surface area contributed by atoms with Crippen LogP contribution in [0.2, 0.25) is 0 Å². The molecule has 1 saturated heterocycles. The van der Waals surface area contributed by atoms with Crippen LogP contribution in [0.15, 0.2) is 16.6 Å². The molecule has 1 aromatic rings. The molecule has 1 heterocycles. The van der Waals surface area contributed by atoms with E-state index >= 15 is 0 Å². The van der Waals surface area contributed by atoms with E-state index in [0.717, 1.165) is 17.0 Å². The van der Waals surface area contributed by atoms with Gasteiger partial charge in [-0.1, -0.05) is 15.9 Å². The van der Waals surface area contributed by atoms with E-state index in [4.69, 9.17) is 10.5 Å². The van der Waals surface area contributed by atoms with Crippen molar-refractivity contribution in [3.8, 4) is 0 Å². The van der Waals surface area contributed by atoms with Gasteiger partial charge in [0.1, 0.15) is 23.2 Å². The minimum absolute atomic E-state index is 0.0430. The summed E-state index contributed by atoms with van der Waals surface area (Å²) in [6.07, 6.45) is 0. The van der Waals surface area contributed by atoms with Crippen molar-refractivity contribution in [2.45, 2.75) is 6.04 Å². The molecule has 2 amide bonds. The fourth-order valence-corrected chi connectivity index (χ4v) is 2.37. The quantitative estimate of drug-likeness (QED) is 0.868.